The summed E-state index contributed by atoms with van der Waals surface area (Å²) in [6.45, 7) is 3.71. The monoisotopic (exact) mass is 262 g/mol. The molecule has 0 aliphatic rings. The van der Waals surface area contributed by atoms with Gasteiger partial charge < -0.3 is 11.1 Å². The first-order valence-corrected chi connectivity index (χ1v) is 6.05. The van der Waals surface area contributed by atoms with Crippen molar-refractivity contribution in [2.45, 2.75) is 26.7 Å². The molecular weight excluding hydrogens is 244 g/mol. The zero-order valence-corrected chi connectivity index (χ0v) is 11.2. The molecule has 0 unspecified atom stereocenters. The number of carbonyl (C=O) groups is 3. The molecule has 5 heteroatoms. The number of nitrogens with one attached hydrogen (secondary N) is 1. The molecule has 0 aliphatic carbocycles. The number of nitrogens with two attached hydrogens (primary N) is 1. The predicted octanol–water partition coefficient (Wildman–Crippen LogP) is 0.868. The lowest BCUT2D eigenvalue weighted by molar-refractivity contribution is -0.124. The number of aryl methyl sites for hydroxylation is 2. The third kappa shape index (κ3) is 4.91. The van der Waals surface area contributed by atoms with Crippen molar-refractivity contribution < 1.29 is 14.4 Å². The van der Waals surface area contributed by atoms with Crippen molar-refractivity contribution in [3.05, 3.63) is 34.9 Å². The number of hydrogen-bond donors (Lipinski definition) is 2. The molecule has 0 saturated heterocycles. The van der Waals surface area contributed by atoms with Gasteiger partial charge in [-0.1, -0.05) is 12.1 Å². The molecule has 5 nitrogen and oxygen atoms in total. The fraction of sp³-hybridized carbons (Fsp3) is 0.357. The predicted molar refractivity (Wildman–Crippen MR) is 71.7 cm³/mol. The molecule has 0 radical (unpaired) electrons. The van der Waals surface area contributed by atoms with Crippen LogP contribution in [0.25, 0.3) is 0 Å². The maximum atomic E-state index is 11.9. The van der Waals surface area contributed by atoms with Crippen molar-refractivity contribution >= 4 is 17.6 Å². The van der Waals surface area contributed by atoms with E-state index in [1.165, 1.54) is 0 Å². The minimum atomic E-state index is -0.603. The van der Waals surface area contributed by atoms with Gasteiger partial charge in [0.05, 0.1) is 6.54 Å². The van der Waals surface area contributed by atoms with Gasteiger partial charge in [0.2, 0.25) is 11.8 Å². The third-order valence-electron chi connectivity index (χ3n) is 2.87. The molecule has 1 rings (SSSR count). The van der Waals surface area contributed by atoms with E-state index < -0.39 is 5.91 Å². The Balaban J connectivity index is 2.49. The molecule has 0 spiro atoms. The molecule has 102 valence electrons. The van der Waals surface area contributed by atoms with Crippen LogP contribution in [-0.2, 0) is 9.59 Å². The Hall–Kier alpha value is -2.17. The number of amides is 2. The van der Waals surface area contributed by atoms with E-state index in [0.717, 1.165) is 11.1 Å². The zero-order valence-electron chi connectivity index (χ0n) is 11.2. The molecule has 0 saturated carbocycles. The number of benzene rings is 1. The van der Waals surface area contributed by atoms with E-state index in [4.69, 9.17) is 5.73 Å². The number of hydrogen-bond acceptors (Lipinski definition) is 3. The Morgan fingerprint density at radius 2 is 1.79 bits per heavy atom. The number of primary amides is 1. The summed E-state index contributed by atoms with van der Waals surface area (Å²) in [7, 11) is 0. The van der Waals surface area contributed by atoms with Gasteiger partial charge in [0, 0.05) is 18.4 Å². The Kier molecular flexibility index (Phi) is 5.23. The summed E-state index contributed by atoms with van der Waals surface area (Å²) in [5, 5.41) is 2.34. The quantitative estimate of drug-likeness (QED) is 0.745. The van der Waals surface area contributed by atoms with Crippen molar-refractivity contribution in [2.75, 3.05) is 6.54 Å². The highest BCUT2D eigenvalue weighted by atomic mass is 16.2. The second-order valence-electron chi connectivity index (χ2n) is 4.47. The lowest BCUT2D eigenvalue weighted by Gasteiger charge is -2.05. The van der Waals surface area contributed by atoms with Gasteiger partial charge in [0.15, 0.2) is 5.78 Å². The van der Waals surface area contributed by atoms with E-state index in [-0.39, 0.29) is 31.1 Å². The van der Waals surface area contributed by atoms with Crippen LogP contribution in [0.5, 0.6) is 0 Å². The van der Waals surface area contributed by atoms with E-state index >= 15 is 0 Å². The number of rotatable bonds is 6. The molecule has 0 heterocycles. The molecule has 0 fully saturated rings. The first kappa shape index (κ1) is 14.9. The summed E-state index contributed by atoms with van der Waals surface area (Å²) in [5.74, 6) is -1.04. The Bertz CT molecular complexity index is 509. The van der Waals surface area contributed by atoms with Crippen LogP contribution in [0.2, 0.25) is 0 Å². The highest BCUT2D eigenvalue weighted by Crippen LogP contribution is 2.12. The molecule has 0 aromatic heterocycles. The van der Waals surface area contributed by atoms with Gasteiger partial charge in [-0.25, -0.2) is 0 Å². The van der Waals surface area contributed by atoms with Gasteiger partial charge in [-0.05, 0) is 31.0 Å². The van der Waals surface area contributed by atoms with Gasteiger partial charge in [-0.2, -0.15) is 0 Å². The van der Waals surface area contributed by atoms with E-state index in [9.17, 15) is 14.4 Å². The van der Waals surface area contributed by atoms with E-state index in [0.29, 0.717) is 5.56 Å². The lowest BCUT2D eigenvalue weighted by atomic mass is 10.0. The van der Waals surface area contributed by atoms with Gasteiger partial charge in [-0.15, -0.1) is 0 Å². The van der Waals surface area contributed by atoms with Crippen LogP contribution in [0.4, 0.5) is 0 Å². The van der Waals surface area contributed by atoms with E-state index in [1.54, 1.807) is 6.07 Å². The van der Waals surface area contributed by atoms with Crippen molar-refractivity contribution in [3.63, 3.8) is 0 Å². The maximum absolute atomic E-state index is 11.9. The minimum Gasteiger partial charge on any atom is -0.368 e. The molecular formula is C14H18N2O3. The van der Waals surface area contributed by atoms with Crippen LogP contribution >= 0.6 is 0 Å². The van der Waals surface area contributed by atoms with Crippen molar-refractivity contribution in [3.8, 4) is 0 Å². The normalized spacial score (nSPS) is 10.0. The van der Waals surface area contributed by atoms with E-state index in [2.05, 4.69) is 5.32 Å². The second kappa shape index (κ2) is 6.68. The molecule has 3 N–H and O–H groups in total. The van der Waals surface area contributed by atoms with Gasteiger partial charge in [0.25, 0.3) is 0 Å². The molecule has 0 bridgehead atoms. The largest absolute Gasteiger partial charge is 0.368 e. The summed E-state index contributed by atoms with van der Waals surface area (Å²) < 4.78 is 0. The fourth-order valence-electron chi connectivity index (χ4n) is 1.56. The minimum absolute atomic E-state index is 0.0546. The summed E-state index contributed by atoms with van der Waals surface area (Å²) in [6.07, 6.45) is 0.173. The van der Waals surface area contributed by atoms with Crippen LogP contribution < -0.4 is 11.1 Å². The summed E-state index contributed by atoms with van der Waals surface area (Å²) in [4.78, 5) is 33.7. The van der Waals surface area contributed by atoms with Crippen molar-refractivity contribution in [1.82, 2.24) is 5.32 Å². The smallest absolute Gasteiger partial charge is 0.236 e. The molecule has 2 amide bonds. The Morgan fingerprint density at radius 3 is 2.37 bits per heavy atom. The van der Waals surface area contributed by atoms with Crippen LogP contribution in [0.15, 0.2) is 18.2 Å². The first-order chi connectivity index (χ1) is 8.90. The molecule has 1 aromatic carbocycles. The molecule has 0 aliphatic heterocycles. The average molecular weight is 262 g/mol. The van der Waals surface area contributed by atoms with Crippen LogP contribution in [0, 0.1) is 13.8 Å². The van der Waals surface area contributed by atoms with Crippen molar-refractivity contribution in [1.29, 1.82) is 0 Å². The fourth-order valence-corrected chi connectivity index (χ4v) is 1.56. The SMILES string of the molecule is Cc1ccc(C(=O)CCC(=O)NCC(N)=O)cc1C. The second-order valence-corrected chi connectivity index (χ2v) is 4.47. The standard InChI is InChI=1S/C14H18N2O3/c1-9-3-4-11(7-10(9)2)12(17)5-6-14(19)16-8-13(15)18/h3-4,7H,5-6,8H2,1-2H3,(H2,15,18)(H,16,19). The highest BCUT2D eigenvalue weighted by Gasteiger charge is 2.10. The molecule has 19 heavy (non-hydrogen) atoms. The maximum Gasteiger partial charge on any atom is 0.236 e. The van der Waals surface area contributed by atoms with Gasteiger partial charge in [0.1, 0.15) is 0 Å². The Labute approximate surface area is 112 Å². The highest BCUT2D eigenvalue weighted by molar-refractivity contribution is 5.98. The number of Topliss-reactive ketones (excluding diaryl/α,β-unsaturated/α-hetero) is 1. The van der Waals surface area contributed by atoms with Crippen molar-refractivity contribution in [2.24, 2.45) is 5.73 Å². The summed E-state index contributed by atoms with van der Waals surface area (Å²) in [5.41, 5.74) is 7.67. The first-order valence-electron chi connectivity index (χ1n) is 6.05. The van der Waals surface area contributed by atoms with Crippen LogP contribution in [0.3, 0.4) is 0 Å². The van der Waals surface area contributed by atoms with Gasteiger partial charge >= 0.3 is 0 Å². The van der Waals surface area contributed by atoms with Crippen LogP contribution in [-0.4, -0.2) is 24.1 Å². The molecule has 0 atom stereocenters. The third-order valence-corrected chi connectivity index (χ3v) is 2.87. The summed E-state index contributed by atoms with van der Waals surface area (Å²) >= 11 is 0. The molecule has 1 aromatic rings. The number of ketones is 1. The summed E-state index contributed by atoms with van der Waals surface area (Å²) in [6, 6.07) is 5.46. The zero-order chi connectivity index (χ0) is 14.4. The van der Waals surface area contributed by atoms with E-state index in [1.807, 2.05) is 26.0 Å². The van der Waals surface area contributed by atoms with Gasteiger partial charge in [-0.3, -0.25) is 14.4 Å². The Morgan fingerprint density at radius 1 is 1.11 bits per heavy atom. The van der Waals surface area contributed by atoms with Crippen LogP contribution in [0.1, 0.15) is 34.3 Å². The lowest BCUT2D eigenvalue weighted by Crippen LogP contribution is -2.33. The number of carbonyl (C=O) groups excluding carboxylic acids is 3. The average Bonchev–Trinajstić information content (AvgIpc) is 2.36. The topological polar surface area (TPSA) is 89.3 Å².